The molecule has 0 saturated carbocycles. The molecule has 2 aromatic rings. The smallest absolute Gasteiger partial charge is 0.176 e. The molecule has 0 atom stereocenters. The highest BCUT2D eigenvalue weighted by Gasteiger charge is 2.10. The van der Waals surface area contributed by atoms with Crippen molar-refractivity contribution in [1.82, 2.24) is 4.90 Å². The van der Waals surface area contributed by atoms with Gasteiger partial charge in [0.25, 0.3) is 0 Å². The Morgan fingerprint density at radius 1 is 1.19 bits per heavy atom. The topological polar surface area (TPSA) is 20.3 Å². The predicted molar refractivity (Wildman–Crippen MR) is 96.1 cm³/mol. The lowest BCUT2D eigenvalue weighted by molar-refractivity contribution is 0.0947. The maximum atomic E-state index is 12.2. The summed E-state index contributed by atoms with van der Waals surface area (Å²) < 4.78 is 1.27. The summed E-state index contributed by atoms with van der Waals surface area (Å²) in [5, 5.41) is 0.599. The molecule has 0 radical (unpaired) electrons. The molecule has 2 nitrogen and oxygen atoms in total. The summed E-state index contributed by atoms with van der Waals surface area (Å²) in [7, 11) is 1.97. The number of ketones is 1. The number of hydrogen-bond donors (Lipinski definition) is 0. The van der Waals surface area contributed by atoms with Gasteiger partial charge in [0.15, 0.2) is 5.78 Å². The highest BCUT2D eigenvalue weighted by atomic mass is 127. The lowest BCUT2D eigenvalue weighted by Crippen LogP contribution is -2.28. The average Bonchev–Trinajstić information content (AvgIpc) is 2.46. The van der Waals surface area contributed by atoms with Gasteiger partial charge in [0, 0.05) is 20.7 Å². The number of nitrogens with zero attached hydrogens (tertiary/aromatic N) is 1. The molecule has 0 heterocycles. The molecule has 0 aromatic heterocycles. The van der Waals surface area contributed by atoms with Crippen molar-refractivity contribution in [1.29, 1.82) is 0 Å². The number of carbonyl (C=O) groups is 1. The van der Waals surface area contributed by atoms with Gasteiger partial charge in [0.05, 0.1) is 6.54 Å². The summed E-state index contributed by atoms with van der Waals surface area (Å²) in [6.07, 6.45) is 0.943. The minimum atomic E-state index is 0.0998. The van der Waals surface area contributed by atoms with E-state index in [-0.39, 0.29) is 5.78 Å². The molecule has 0 bridgehead atoms. The number of carbonyl (C=O) groups excluding carboxylic acids is 1. The van der Waals surface area contributed by atoms with E-state index in [1.165, 1.54) is 9.13 Å². The van der Waals surface area contributed by atoms with E-state index < -0.39 is 0 Å². The fourth-order valence-electron chi connectivity index (χ4n) is 2.09. The van der Waals surface area contributed by atoms with Gasteiger partial charge in [-0.2, -0.15) is 0 Å². The predicted octanol–water partition coefficient (Wildman–Crippen LogP) is 4.30. The van der Waals surface area contributed by atoms with Gasteiger partial charge in [0.1, 0.15) is 0 Å². The molecule has 0 N–H and O–H groups in total. The summed E-state index contributed by atoms with van der Waals surface area (Å²) in [4.78, 5) is 14.2. The monoisotopic (exact) mass is 413 g/mol. The highest BCUT2D eigenvalue weighted by Crippen LogP contribution is 2.13. The number of Topliss-reactive ketones (excluding diaryl/α,β-unsaturated/α-hetero) is 1. The van der Waals surface area contributed by atoms with E-state index in [1.807, 2.05) is 30.1 Å². The third-order valence-corrected chi connectivity index (χ3v) is 4.57. The largest absolute Gasteiger partial charge is 0.299 e. The van der Waals surface area contributed by atoms with Gasteiger partial charge in [-0.3, -0.25) is 9.69 Å². The maximum Gasteiger partial charge on any atom is 0.176 e. The van der Waals surface area contributed by atoms with E-state index in [0.717, 1.165) is 13.0 Å². The summed E-state index contributed by atoms with van der Waals surface area (Å²) in [5.41, 5.74) is 1.99. The minimum Gasteiger partial charge on any atom is -0.299 e. The Kier molecular flexibility index (Phi) is 6.21. The van der Waals surface area contributed by atoms with Crippen LogP contribution in [0.25, 0.3) is 0 Å². The molecule has 0 fully saturated rings. The Labute approximate surface area is 144 Å². The van der Waals surface area contributed by atoms with Gasteiger partial charge in [0.2, 0.25) is 0 Å². The highest BCUT2D eigenvalue weighted by molar-refractivity contribution is 14.1. The number of rotatable bonds is 6. The molecule has 0 saturated heterocycles. The van der Waals surface area contributed by atoms with Crippen LogP contribution >= 0.6 is 34.2 Å². The second kappa shape index (κ2) is 7.92. The van der Waals surface area contributed by atoms with Gasteiger partial charge in [-0.1, -0.05) is 41.9 Å². The Morgan fingerprint density at radius 3 is 2.67 bits per heavy atom. The van der Waals surface area contributed by atoms with Crippen LogP contribution in [0.2, 0.25) is 5.02 Å². The van der Waals surface area contributed by atoms with Crippen LogP contribution in [-0.4, -0.2) is 30.8 Å². The van der Waals surface area contributed by atoms with Crippen LogP contribution in [0.5, 0.6) is 0 Å². The van der Waals surface area contributed by atoms with Crippen molar-refractivity contribution in [2.75, 3.05) is 20.1 Å². The first-order valence-corrected chi connectivity index (χ1v) is 8.22. The van der Waals surface area contributed by atoms with Gasteiger partial charge in [-0.15, -0.1) is 0 Å². The number of benzene rings is 2. The van der Waals surface area contributed by atoms with E-state index in [0.29, 0.717) is 17.1 Å². The fraction of sp³-hybridized carbons (Fsp3) is 0.235. The first-order valence-electron chi connectivity index (χ1n) is 6.77. The number of halogens is 2. The molecule has 0 spiro atoms. The van der Waals surface area contributed by atoms with Crippen LogP contribution < -0.4 is 0 Å². The van der Waals surface area contributed by atoms with E-state index >= 15 is 0 Å². The first kappa shape index (κ1) is 16.5. The zero-order chi connectivity index (χ0) is 15.2. The molecule has 0 aliphatic carbocycles. The van der Waals surface area contributed by atoms with Crippen molar-refractivity contribution < 1.29 is 4.79 Å². The van der Waals surface area contributed by atoms with Crippen molar-refractivity contribution in [2.45, 2.75) is 6.42 Å². The summed E-state index contributed by atoms with van der Waals surface area (Å²) in [6, 6.07) is 15.4. The van der Waals surface area contributed by atoms with Crippen molar-refractivity contribution in [3.8, 4) is 0 Å². The molecule has 0 amide bonds. The molecule has 2 rings (SSSR count). The van der Waals surface area contributed by atoms with Crippen LogP contribution in [-0.2, 0) is 6.42 Å². The molecule has 21 heavy (non-hydrogen) atoms. The van der Waals surface area contributed by atoms with Gasteiger partial charge < -0.3 is 0 Å². The molecular formula is C17H17ClINO. The van der Waals surface area contributed by atoms with E-state index in [1.54, 1.807) is 12.1 Å². The van der Waals surface area contributed by atoms with Crippen LogP contribution in [0.3, 0.4) is 0 Å². The number of hydrogen-bond acceptors (Lipinski definition) is 2. The van der Waals surface area contributed by atoms with Crippen LogP contribution in [0, 0.1) is 3.57 Å². The Bertz CT molecular complexity index is 630. The molecule has 4 heteroatoms. The third-order valence-electron chi connectivity index (χ3n) is 3.28. The minimum absolute atomic E-state index is 0.0998. The molecule has 0 unspecified atom stereocenters. The molecular weight excluding hydrogens is 397 g/mol. The van der Waals surface area contributed by atoms with Crippen LogP contribution in [0.1, 0.15) is 15.9 Å². The third kappa shape index (κ3) is 5.09. The normalized spacial score (nSPS) is 10.9. The SMILES string of the molecule is CN(CCc1ccccc1I)CC(=O)c1cccc(Cl)c1. The summed E-state index contributed by atoms with van der Waals surface area (Å²) in [5.74, 6) is 0.0998. The molecule has 110 valence electrons. The number of likely N-dealkylation sites (N-methyl/N-ethyl adjacent to an activating group) is 1. The average molecular weight is 414 g/mol. The van der Waals surface area contributed by atoms with E-state index in [2.05, 4.69) is 40.8 Å². The zero-order valence-electron chi connectivity index (χ0n) is 11.9. The Hall–Kier alpha value is -0.910. The van der Waals surface area contributed by atoms with Crippen molar-refractivity contribution in [3.63, 3.8) is 0 Å². The summed E-state index contributed by atoms with van der Waals surface area (Å²) in [6.45, 7) is 1.26. The zero-order valence-corrected chi connectivity index (χ0v) is 14.8. The molecule has 0 aliphatic rings. The first-order chi connectivity index (χ1) is 10.1. The van der Waals surface area contributed by atoms with Gasteiger partial charge in [-0.25, -0.2) is 0 Å². The van der Waals surface area contributed by atoms with Gasteiger partial charge >= 0.3 is 0 Å². The van der Waals surface area contributed by atoms with Gasteiger partial charge in [-0.05, 0) is 59.8 Å². The van der Waals surface area contributed by atoms with E-state index in [4.69, 9.17) is 11.6 Å². The standard InChI is InChI=1S/C17H17ClINO/c1-20(10-9-13-5-2-3-8-16(13)19)12-17(21)14-6-4-7-15(18)11-14/h2-8,11H,9-10,12H2,1H3. The maximum absolute atomic E-state index is 12.2. The second-order valence-corrected chi connectivity index (χ2v) is 6.61. The summed E-state index contributed by atoms with van der Waals surface area (Å²) >= 11 is 8.26. The van der Waals surface area contributed by atoms with Crippen LogP contribution in [0.4, 0.5) is 0 Å². The second-order valence-electron chi connectivity index (χ2n) is 5.01. The van der Waals surface area contributed by atoms with Crippen molar-refractivity contribution in [3.05, 3.63) is 68.3 Å². The van der Waals surface area contributed by atoms with Crippen LogP contribution in [0.15, 0.2) is 48.5 Å². The molecule has 0 aliphatic heterocycles. The lowest BCUT2D eigenvalue weighted by atomic mass is 10.1. The molecule has 2 aromatic carbocycles. The Morgan fingerprint density at radius 2 is 1.95 bits per heavy atom. The Balaban J connectivity index is 1.88. The fourth-order valence-corrected chi connectivity index (χ4v) is 2.94. The van der Waals surface area contributed by atoms with Crippen molar-refractivity contribution >= 4 is 40.0 Å². The van der Waals surface area contributed by atoms with E-state index in [9.17, 15) is 4.79 Å². The quantitative estimate of drug-likeness (QED) is 0.520. The lowest BCUT2D eigenvalue weighted by Gasteiger charge is -2.16. The van der Waals surface area contributed by atoms with Crippen molar-refractivity contribution in [2.24, 2.45) is 0 Å².